The number of carbonyl (C=O) groups is 3. The van der Waals surface area contributed by atoms with Gasteiger partial charge in [0.05, 0.1) is 27.0 Å². The zero-order chi connectivity index (χ0) is 20.3. The number of imide groups is 1. The van der Waals surface area contributed by atoms with Gasteiger partial charge in [-0.05, 0) is 24.3 Å². The maximum absolute atomic E-state index is 12.7. The van der Waals surface area contributed by atoms with Crippen molar-refractivity contribution in [3.05, 3.63) is 48.0 Å². The summed E-state index contributed by atoms with van der Waals surface area (Å²) >= 11 is 0. The monoisotopic (exact) mass is 384 g/mol. The summed E-state index contributed by atoms with van der Waals surface area (Å²) in [6, 6.07) is 11.3. The van der Waals surface area contributed by atoms with E-state index in [0.29, 0.717) is 28.5 Å². The summed E-state index contributed by atoms with van der Waals surface area (Å²) in [4.78, 5) is 40.2. The first-order valence-electron chi connectivity index (χ1n) is 8.49. The fourth-order valence-electron chi connectivity index (χ4n) is 2.88. The lowest BCUT2D eigenvalue weighted by Crippen LogP contribution is -2.55. The second kappa shape index (κ2) is 7.99. The smallest absolute Gasteiger partial charge is 0.260 e. The molecule has 1 aliphatic heterocycles. The first kappa shape index (κ1) is 19.2. The molecular formula is C20H20N2O6. The summed E-state index contributed by atoms with van der Waals surface area (Å²) in [5, 5.41) is 0. The Morgan fingerprint density at radius 2 is 1.36 bits per heavy atom. The highest BCUT2D eigenvalue weighted by molar-refractivity contribution is 6.14. The van der Waals surface area contributed by atoms with Crippen molar-refractivity contribution in [3.8, 4) is 17.2 Å². The molecule has 1 aliphatic rings. The third-order valence-electron chi connectivity index (χ3n) is 4.42. The number of benzene rings is 2. The highest BCUT2D eigenvalue weighted by Crippen LogP contribution is 2.29. The van der Waals surface area contributed by atoms with E-state index in [1.165, 1.54) is 26.2 Å². The summed E-state index contributed by atoms with van der Waals surface area (Å²) in [6.45, 7) is -0.597. The standard InChI is InChI=1S/C20H20N2O6/c1-26-15-6-4-13(5-7-15)20(25)22-12-18(23)21(11-19(22)24)14-8-16(27-2)10-17(9-14)28-3/h4-10H,11-12H2,1-3H3. The quantitative estimate of drug-likeness (QED) is 0.730. The molecule has 1 fully saturated rings. The zero-order valence-corrected chi connectivity index (χ0v) is 15.8. The van der Waals surface area contributed by atoms with Gasteiger partial charge in [-0.25, -0.2) is 0 Å². The predicted molar refractivity (Wildman–Crippen MR) is 101 cm³/mol. The Morgan fingerprint density at radius 3 is 1.89 bits per heavy atom. The van der Waals surface area contributed by atoms with Crippen molar-refractivity contribution in [1.29, 1.82) is 0 Å². The van der Waals surface area contributed by atoms with Crippen molar-refractivity contribution in [3.63, 3.8) is 0 Å². The second-order valence-electron chi connectivity index (χ2n) is 6.06. The number of hydrogen-bond acceptors (Lipinski definition) is 6. The molecular weight excluding hydrogens is 364 g/mol. The molecule has 3 amide bonds. The van der Waals surface area contributed by atoms with E-state index in [9.17, 15) is 14.4 Å². The van der Waals surface area contributed by atoms with E-state index in [2.05, 4.69) is 0 Å². The highest BCUT2D eigenvalue weighted by Gasteiger charge is 2.35. The van der Waals surface area contributed by atoms with Crippen LogP contribution in [0.25, 0.3) is 0 Å². The number of amides is 3. The largest absolute Gasteiger partial charge is 0.497 e. The number of nitrogens with zero attached hydrogens (tertiary/aromatic N) is 2. The third kappa shape index (κ3) is 3.75. The molecule has 0 unspecified atom stereocenters. The van der Waals surface area contributed by atoms with Gasteiger partial charge < -0.3 is 19.1 Å². The van der Waals surface area contributed by atoms with Gasteiger partial charge in [0.25, 0.3) is 5.91 Å². The maximum atomic E-state index is 12.7. The first-order valence-corrected chi connectivity index (χ1v) is 8.49. The van der Waals surface area contributed by atoms with Crippen LogP contribution in [-0.4, -0.2) is 57.0 Å². The molecule has 0 aromatic heterocycles. The van der Waals surface area contributed by atoms with Crippen LogP contribution in [0.2, 0.25) is 0 Å². The highest BCUT2D eigenvalue weighted by atomic mass is 16.5. The molecule has 0 saturated carbocycles. The number of anilines is 1. The second-order valence-corrected chi connectivity index (χ2v) is 6.06. The van der Waals surface area contributed by atoms with Gasteiger partial charge in [-0.1, -0.05) is 0 Å². The van der Waals surface area contributed by atoms with Crippen LogP contribution in [0.5, 0.6) is 17.2 Å². The van der Waals surface area contributed by atoms with Crippen molar-refractivity contribution in [2.45, 2.75) is 0 Å². The Balaban J connectivity index is 1.81. The van der Waals surface area contributed by atoms with Crippen LogP contribution in [0.3, 0.4) is 0 Å². The molecule has 28 heavy (non-hydrogen) atoms. The zero-order valence-electron chi connectivity index (χ0n) is 15.8. The number of carbonyl (C=O) groups excluding carboxylic acids is 3. The topological polar surface area (TPSA) is 85.4 Å². The molecule has 3 rings (SSSR count). The lowest BCUT2D eigenvalue weighted by Gasteiger charge is -2.33. The number of hydrogen-bond donors (Lipinski definition) is 0. The van der Waals surface area contributed by atoms with Crippen LogP contribution in [0.15, 0.2) is 42.5 Å². The van der Waals surface area contributed by atoms with E-state index in [4.69, 9.17) is 14.2 Å². The summed E-state index contributed by atoms with van der Waals surface area (Å²) < 4.78 is 15.5. The van der Waals surface area contributed by atoms with E-state index in [-0.39, 0.29) is 19.0 Å². The molecule has 8 heteroatoms. The Hall–Kier alpha value is -3.55. The fourth-order valence-corrected chi connectivity index (χ4v) is 2.88. The Kier molecular flexibility index (Phi) is 5.49. The number of piperazine rings is 1. The Labute approximate surface area is 162 Å². The fraction of sp³-hybridized carbons (Fsp3) is 0.250. The minimum absolute atomic E-state index is 0.253. The lowest BCUT2D eigenvalue weighted by molar-refractivity contribution is -0.135. The molecule has 2 aromatic carbocycles. The van der Waals surface area contributed by atoms with E-state index in [1.54, 1.807) is 42.5 Å². The number of ether oxygens (including phenoxy) is 3. The Bertz CT molecular complexity index is 887. The minimum Gasteiger partial charge on any atom is -0.497 e. The molecule has 8 nitrogen and oxygen atoms in total. The van der Waals surface area contributed by atoms with Gasteiger partial charge in [0, 0.05) is 23.8 Å². The molecule has 0 spiro atoms. The maximum Gasteiger partial charge on any atom is 0.260 e. The summed E-state index contributed by atoms with van der Waals surface area (Å²) in [6.07, 6.45) is 0. The minimum atomic E-state index is -0.524. The van der Waals surface area contributed by atoms with Gasteiger partial charge >= 0.3 is 0 Å². The molecule has 1 saturated heterocycles. The summed E-state index contributed by atoms with van der Waals surface area (Å²) in [7, 11) is 4.51. The van der Waals surface area contributed by atoms with Gasteiger partial charge in [0.2, 0.25) is 11.8 Å². The van der Waals surface area contributed by atoms with Crippen molar-refractivity contribution in [2.75, 3.05) is 39.3 Å². The van der Waals surface area contributed by atoms with E-state index < -0.39 is 11.8 Å². The Morgan fingerprint density at radius 1 is 0.786 bits per heavy atom. The SMILES string of the molecule is COc1ccc(C(=O)N2CC(=O)N(c3cc(OC)cc(OC)c3)CC2=O)cc1. The molecule has 2 aromatic rings. The van der Waals surface area contributed by atoms with Gasteiger partial charge in [0.1, 0.15) is 30.3 Å². The van der Waals surface area contributed by atoms with Crippen LogP contribution in [0.4, 0.5) is 5.69 Å². The lowest BCUT2D eigenvalue weighted by atomic mass is 10.1. The van der Waals surface area contributed by atoms with Gasteiger partial charge in [-0.3, -0.25) is 19.3 Å². The molecule has 0 radical (unpaired) electrons. The van der Waals surface area contributed by atoms with Gasteiger partial charge in [-0.2, -0.15) is 0 Å². The molecule has 0 bridgehead atoms. The molecule has 1 heterocycles. The van der Waals surface area contributed by atoms with Crippen LogP contribution in [-0.2, 0) is 9.59 Å². The molecule has 0 atom stereocenters. The normalized spacial score (nSPS) is 14.1. The van der Waals surface area contributed by atoms with Gasteiger partial charge in [0.15, 0.2) is 0 Å². The summed E-state index contributed by atoms with van der Waals surface area (Å²) in [5.74, 6) is 0.205. The molecule has 146 valence electrons. The molecule has 0 N–H and O–H groups in total. The van der Waals surface area contributed by atoms with E-state index >= 15 is 0 Å². The van der Waals surface area contributed by atoms with Crippen LogP contribution < -0.4 is 19.1 Å². The summed E-state index contributed by atoms with van der Waals surface area (Å²) in [5.41, 5.74) is 0.768. The van der Waals surface area contributed by atoms with Crippen LogP contribution in [0.1, 0.15) is 10.4 Å². The van der Waals surface area contributed by atoms with Crippen molar-refractivity contribution in [1.82, 2.24) is 4.90 Å². The average Bonchev–Trinajstić information content (AvgIpc) is 2.74. The number of methoxy groups -OCH3 is 3. The predicted octanol–water partition coefficient (Wildman–Crippen LogP) is 1.73. The van der Waals surface area contributed by atoms with Crippen LogP contribution in [0, 0.1) is 0 Å². The molecule has 0 aliphatic carbocycles. The first-order chi connectivity index (χ1) is 13.5. The van der Waals surface area contributed by atoms with Crippen molar-refractivity contribution in [2.24, 2.45) is 0 Å². The van der Waals surface area contributed by atoms with Gasteiger partial charge in [-0.15, -0.1) is 0 Å². The van der Waals surface area contributed by atoms with Crippen molar-refractivity contribution >= 4 is 23.4 Å². The average molecular weight is 384 g/mol. The van der Waals surface area contributed by atoms with E-state index in [0.717, 1.165) is 4.90 Å². The van der Waals surface area contributed by atoms with E-state index in [1.807, 2.05) is 0 Å². The number of rotatable bonds is 5. The van der Waals surface area contributed by atoms with Crippen molar-refractivity contribution < 1.29 is 28.6 Å². The van der Waals surface area contributed by atoms with Crippen LogP contribution >= 0.6 is 0 Å². The third-order valence-corrected chi connectivity index (χ3v) is 4.42.